The molecule has 1 aromatic carbocycles. The topological polar surface area (TPSA) is 43.1 Å². The largest absolute Gasteiger partial charge is 0.369 e. The first kappa shape index (κ1) is 12.8. The van der Waals surface area contributed by atoms with Crippen LogP contribution in [0.4, 0.5) is 0 Å². The summed E-state index contributed by atoms with van der Waals surface area (Å²) in [5.41, 5.74) is 10.2. The summed E-state index contributed by atoms with van der Waals surface area (Å²) in [5, 5.41) is 0. The van der Waals surface area contributed by atoms with Gasteiger partial charge in [-0.1, -0.05) is 38.5 Å². The van der Waals surface area contributed by atoms with Crippen molar-refractivity contribution < 1.29 is 4.79 Å². The molecule has 0 atom stereocenters. The summed E-state index contributed by atoms with van der Waals surface area (Å²) in [5.74, 6) is 0.181. The Morgan fingerprint density at radius 3 is 2.44 bits per heavy atom. The lowest BCUT2D eigenvalue weighted by atomic mass is 9.88. The molecule has 2 nitrogen and oxygen atoms in total. The van der Waals surface area contributed by atoms with Gasteiger partial charge in [0.2, 0.25) is 5.91 Å². The first-order valence-electron chi connectivity index (χ1n) is 5.86. The second-order valence-electron chi connectivity index (χ2n) is 4.64. The molecule has 1 aromatic rings. The van der Waals surface area contributed by atoms with Gasteiger partial charge in [0.15, 0.2) is 0 Å². The number of primary amides is 1. The van der Waals surface area contributed by atoms with Gasteiger partial charge in [0.1, 0.15) is 0 Å². The molecule has 2 heteroatoms. The second kappa shape index (κ2) is 5.15. The Morgan fingerprint density at radius 1 is 1.38 bits per heavy atom. The minimum absolute atomic E-state index is 0.250. The number of amides is 1. The lowest BCUT2D eigenvalue weighted by molar-refractivity contribution is -0.117. The average molecular weight is 219 g/mol. The fourth-order valence-electron chi connectivity index (χ4n) is 2.14. The molecular weight excluding hydrogens is 198 g/mol. The molecule has 0 unspecified atom stereocenters. The van der Waals surface area contributed by atoms with Crippen LogP contribution in [-0.2, 0) is 17.6 Å². The fraction of sp³-hybridized carbons (Fsp3) is 0.500. The molecule has 0 bridgehead atoms. The third kappa shape index (κ3) is 2.84. The maximum Gasteiger partial charge on any atom is 0.221 e. The smallest absolute Gasteiger partial charge is 0.221 e. The quantitative estimate of drug-likeness (QED) is 0.831. The van der Waals surface area contributed by atoms with Crippen LogP contribution in [0.2, 0.25) is 0 Å². The molecule has 0 aliphatic rings. The average Bonchev–Trinajstić information content (AvgIpc) is 2.19. The highest BCUT2D eigenvalue weighted by atomic mass is 16.1. The van der Waals surface area contributed by atoms with E-state index in [2.05, 4.69) is 39.8 Å². The third-order valence-corrected chi connectivity index (χ3v) is 2.88. The van der Waals surface area contributed by atoms with Gasteiger partial charge in [-0.15, -0.1) is 0 Å². The summed E-state index contributed by atoms with van der Waals surface area (Å²) in [7, 11) is 0. The number of nitrogens with two attached hydrogens (primary N) is 1. The molecule has 2 N–H and O–H groups in total. The molecule has 0 spiro atoms. The molecule has 0 radical (unpaired) electrons. The molecular formula is C14H21NO. The van der Waals surface area contributed by atoms with E-state index >= 15 is 0 Å². The van der Waals surface area contributed by atoms with Crippen LogP contribution in [0.15, 0.2) is 12.1 Å². The Labute approximate surface area is 97.9 Å². The van der Waals surface area contributed by atoms with E-state index in [0.29, 0.717) is 12.3 Å². The Balaban J connectivity index is 3.32. The van der Waals surface area contributed by atoms with Crippen molar-refractivity contribution in [1.82, 2.24) is 0 Å². The molecule has 0 fully saturated rings. The highest BCUT2D eigenvalue weighted by Gasteiger charge is 2.13. The van der Waals surface area contributed by atoms with Crippen LogP contribution in [0.5, 0.6) is 0 Å². The number of carbonyl (C=O) groups excluding carboxylic acids is 1. The molecule has 0 aliphatic heterocycles. The van der Waals surface area contributed by atoms with Crippen LogP contribution >= 0.6 is 0 Å². The summed E-state index contributed by atoms with van der Waals surface area (Å²) in [6, 6.07) is 4.33. The molecule has 0 aliphatic carbocycles. The molecule has 1 rings (SSSR count). The molecule has 0 saturated carbocycles. The predicted molar refractivity (Wildman–Crippen MR) is 67.5 cm³/mol. The Morgan fingerprint density at radius 2 is 2.00 bits per heavy atom. The number of hydrogen-bond donors (Lipinski definition) is 1. The van der Waals surface area contributed by atoms with Crippen molar-refractivity contribution in [2.75, 3.05) is 0 Å². The number of hydrogen-bond acceptors (Lipinski definition) is 1. The van der Waals surface area contributed by atoms with E-state index in [1.165, 1.54) is 16.7 Å². The lowest BCUT2D eigenvalue weighted by Gasteiger charge is -2.17. The summed E-state index contributed by atoms with van der Waals surface area (Å²) in [6.07, 6.45) is 1.31. The Kier molecular flexibility index (Phi) is 4.11. The van der Waals surface area contributed by atoms with E-state index in [0.717, 1.165) is 12.0 Å². The zero-order valence-electron chi connectivity index (χ0n) is 10.6. The number of rotatable bonds is 4. The van der Waals surface area contributed by atoms with Gasteiger partial charge in [-0.25, -0.2) is 0 Å². The van der Waals surface area contributed by atoms with Gasteiger partial charge in [-0.2, -0.15) is 0 Å². The van der Waals surface area contributed by atoms with Crippen LogP contribution in [-0.4, -0.2) is 5.91 Å². The summed E-state index contributed by atoms with van der Waals surface area (Å²) >= 11 is 0. The van der Waals surface area contributed by atoms with Crippen molar-refractivity contribution in [3.05, 3.63) is 34.4 Å². The Bertz CT molecular complexity index is 394. The third-order valence-electron chi connectivity index (χ3n) is 2.88. The molecule has 1 amide bonds. The predicted octanol–water partition coefficient (Wildman–Crippen LogP) is 2.71. The molecule has 88 valence electrons. The minimum atomic E-state index is -0.250. The monoisotopic (exact) mass is 219 g/mol. The van der Waals surface area contributed by atoms with Crippen molar-refractivity contribution in [2.24, 2.45) is 5.73 Å². The zero-order chi connectivity index (χ0) is 12.3. The van der Waals surface area contributed by atoms with Gasteiger partial charge in [0.05, 0.1) is 6.42 Å². The van der Waals surface area contributed by atoms with Crippen LogP contribution in [0.25, 0.3) is 0 Å². The van der Waals surface area contributed by atoms with E-state index in [1.807, 2.05) is 0 Å². The van der Waals surface area contributed by atoms with Crippen molar-refractivity contribution in [3.8, 4) is 0 Å². The lowest BCUT2D eigenvalue weighted by Crippen LogP contribution is -2.17. The first-order valence-corrected chi connectivity index (χ1v) is 5.86. The van der Waals surface area contributed by atoms with E-state index < -0.39 is 0 Å². The van der Waals surface area contributed by atoms with Crippen LogP contribution in [0.3, 0.4) is 0 Å². The summed E-state index contributed by atoms with van der Waals surface area (Å²) < 4.78 is 0. The summed E-state index contributed by atoms with van der Waals surface area (Å²) in [4.78, 5) is 11.1. The van der Waals surface area contributed by atoms with Crippen molar-refractivity contribution in [1.29, 1.82) is 0 Å². The van der Waals surface area contributed by atoms with Gasteiger partial charge in [-0.05, 0) is 36.0 Å². The van der Waals surface area contributed by atoms with Gasteiger partial charge in [-0.3, -0.25) is 4.79 Å². The fourth-order valence-corrected chi connectivity index (χ4v) is 2.14. The standard InChI is InChI=1S/C14H21NO/c1-5-11-6-10(4)7-12(9(2)3)13(11)8-14(15)16/h6-7,9H,5,8H2,1-4H3,(H2,15,16). The SMILES string of the molecule is CCc1cc(C)cc(C(C)C)c1CC(N)=O. The number of benzene rings is 1. The van der Waals surface area contributed by atoms with E-state index in [-0.39, 0.29) is 5.91 Å². The highest BCUT2D eigenvalue weighted by Crippen LogP contribution is 2.25. The number of carbonyl (C=O) groups is 1. The van der Waals surface area contributed by atoms with Gasteiger partial charge in [0, 0.05) is 0 Å². The van der Waals surface area contributed by atoms with Crippen LogP contribution in [0.1, 0.15) is 48.9 Å². The minimum Gasteiger partial charge on any atom is -0.369 e. The van der Waals surface area contributed by atoms with E-state index in [1.54, 1.807) is 0 Å². The van der Waals surface area contributed by atoms with Crippen molar-refractivity contribution in [2.45, 2.75) is 46.5 Å². The van der Waals surface area contributed by atoms with E-state index in [4.69, 9.17) is 5.73 Å². The first-order chi connectivity index (χ1) is 7.45. The number of aryl methyl sites for hydroxylation is 2. The van der Waals surface area contributed by atoms with Gasteiger partial charge in [0.25, 0.3) is 0 Å². The van der Waals surface area contributed by atoms with E-state index in [9.17, 15) is 4.79 Å². The van der Waals surface area contributed by atoms with Crippen LogP contribution < -0.4 is 5.73 Å². The van der Waals surface area contributed by atoms with Crippen molar-refractivity contribution in [3.63, 3.8) is 0 Å². The summed E-state index contributed by atoms with van der Waals surface area (Å²) in [6.45, 7) is 8.51. The maximum absolute atomic E-state index is 11.1. The normalized spacial score (nSPS) is 10.8. The van der Waals surface area contributed by atoms with Crippen LogP contribution in [0, 0.1) is 6.92 Å². The molecule has 0 heterocycles. The molecule has 0 saturated heterocycles. The highest BCUT2D eigenvalue weighted by molar-refractivity contribution is 5.77. The van der Waals surface area contributed by atoms with Gasteiger partial charge >= 0.3 is 0 Å². The van der Waals surface area contributed by atoms with Gasteiger partial charge < -0.3 is 5.73 Å². The molecule has 0 aromatic heterocycles. The second-order valence-corrected chi connectivity index (χ2v) is 4.64. The molecule has 16 heavy (non-hydrogen) atoms. The van der Waals surface area contributed by atoms with Crippen molar-refractivity contribution >= 4 is 5.91 Å². The Hall–Kier alpha value is -1.31. The maximum atomic E-state index is 11.1. The zero-order valence-corrected chi connectivity index (χ0v) is 10.6.